The fourth-order valence-electron chi connectivity index (χ4n) is 5.26. The lowest BCUT2D eigenvalue weighted by atomic mass is 9.86. The van der Waals surface area contributed by atoms with Crippen molar-refractivity contribution in [2.24, 2.45) is 0 Å². The van der Waals surface area contributed by atoms with Gasteiger partial charge in [0.25, 0.3) is 0 Å². The number of aliphatic hydroxyl groups excluding tert-OH is 2. The summed E-state index contributed by atoms with van der Waals surface area (Å²) in [6.07, 6.45) is 6.66. The average Bonchev–Trinajstić information content (AvgIpc) is 3.15. The van der Waals surface area contributed by atoms with Gasteiger partial charge in [-0.25, -0.2) is 9.37 Å². The van der Waals surface area contributed by atoms with Crippen LogP contribution >= 0.6 is 0 Å². The number of hydrogen-bond acceptors (Lipinski definition) is 5. The van der Waals surface area contributed by atoms with Crippen LogP contribution in [0.5, 0.6) is 0 Å². The van der Waals surface area contributed by atoms with E-state index in [1.165, 1.54) is 12.1 Å². The predicted octanol–water partition coefficient (Wildman–Crippen LogP) is 7.88. The molecule has 41 heavy (non-hydrogen) atoms. The minimum absolute atomic E-state index is 0.0554. The first-order valence-corrected chi connectivity index (χ1v) is 14.6. The second-order valence-corrected chi connectivity index (χ2v) is 10.7. The van der Waals surface area contributed by atoms with Crippen LogP contribution in [0.25, 0.3) is 28.5 Å². The van der Waals surface area contributed by atoms with E-state index in [4.69, 9.17) is 9.97 Å². The molecule has 0 radical (unpaired) electrons. The van der Waals surface area contributed by atoms with E-state index < -0.39 is 12.2 Å². The van der Waals surface area contributed by atoms with Gasteiger partial charge in [0.1, 0.15) is 11.5 Å². The summed E-state index contributed by atoms with van der Waals surface area (Å²) in [5.41, 5.74) is 7.85. The fourth-order valence-corrected chi connectivity index (χ4v) is 5.26. The summed E-state index contributed by atoms with van der Waals surface area (Å²) in [6, 6.07) is 10.3. The summed E-state index contributed by atoms with van der Waals surface area (Å²) < 4.78 is 14.0. The Balaban J connectivity index is 0.00000226. The van der Waals surface area contributed by atoms with Gasteiger partial charge in [0, 0.05) is 24.0 Å². The SMILES string of the molecule is C=C.CCCC(=O)c1ccc2c(n1)CCCc1c-2nc(C(C)C)c(/C=C/[C@@H](O)C[C@@H](O)CC)c1-c1ccc(F)cc1. The minimum Gasteiger partial charge on any atom is -0.393 e. The van der Waals surface area contributed by atoms with Crippen molar-refractivity contribution in [2.75, 3.05) is 0 Å². The molecule has 6 heteroatoms. The number of pyridine rings is 2. The Morgan fingerprint density at radius 1 is 1.05 bits per heavy atom. The molecule has 0 saturated heterocycles. The zero-order valence-corrected chi connectivity index (χ0v) is 24.8. The highest BCUT2D eigenvalue weighted by Gasteiger charge is 2.26. The molecule has 2 N–H and O–H groups in total. The van der Waals surface area contributed by atoms with Gasteiger partial charge in [-0.15, -0.1) is 13.2 Å². The Bertz CT molecular complexity index is 1360. The van der Waals surface area contributed by atoms with Gasteiger partial charge in [-0.2, -0.15) is 0 Å². The third-order valence-electron chi connectivity index (χ3n) is 7.35. The topological polar surface area (TPSA) is 83.3 Å². The minimum atomic E-state index is -0.802. The van der Waals surface area contributed by atoms with E-state index in [9.17, 15) is 19.4 Å². The first-order valence-electron chi connectivity index (χ1n) is 14.6. The van der Waals surface area contributed by atoms with Gasteiger partial charge in [-0.1, -0.05) is 52.0 Å². The number of nitrogens with zero attached hydrogens (tertiary/aromatic N) is 2. The molecule has 1 aliphatic carbocycles. The van der Waals surface area contributed by atoms with E-state index in [1.807, 2.05) is 32.1 Å². The van der Waals surface area contributed by atoms with Crippen molar-refractivity contribution in [3.63, 3.8) is 0 Å². The Kier molecular flexibility index (Phi) is 11.7. The maximum absolute atomic E-state index is 14.0. The van der Waals surface area contributed by atoms with Gasteiger partial charge < -0.3 is 10.2 Å². The molecule has 4 rings (SSSR count). The molecule has 0 amide bonds. The van der Waals surface area contributed by atoms with Gasteiger partial charge in [0.2, 0.25) is 0 Å². The molecule has 218 valence electrons. The van der Waals surface area contributed by atoms with Crippen LogP contribution in [0.1, 0.15) is 98.7 Å². The van der Waals surface area contributed by atoms with Crippen LogP contribution in [0.2, 0.25) is 0 Å². The molecule has 0 aliphatic heterocycles. The zero-order chi connectivity index (χ0) is 30.1. The lowest BCUT2D eigenvalue weighted by Gasteiger charge is -2.22. The molecule has 5 nitrogen and oxygen atoms in total. The van der Waals surface area contributed by atoms with Crippen LogP contribution in [-0.2, 0) is 12.8 Å². The van der Waals surface area contributed by atoms with Gasteiger partial charge in [0.15, 0.2) is 5.78 Å². The molecule has 1 aliphatic rings. The van der Waals surface area contributed by atoms with Gasteiger partial charge in [-0.3, -0.25) is 9.78 Å². The van der Waals surface area contributed by atoms with Crippen molar-refractivity contribution in [3.05, 3.63) is 89.7 Å². The lowest BCUT2D eigenvalue weighted by molar-refractivity contribution is 0.0975. The van der Waals surface area contributed by atoms with Crippen molar-refractivity contribution in [3.8, 4) is 22.4 Å². The molecule has 0 fully saturated rings. The molecular formula is C35H43FN2O3. The van der Waals surface area contributed by atoms with Crippen LogP contribution in [0, 0.1) is 5.82 Å². The summed E-state index contributed by atoms with van der Waals surface area (Å²) in [5.74, 6) is -0.180. The van der Waals surface area contributed by atoms with Gasteiger partial charge in [0.05, 0.1) is 29.3 Å². The van der Waals surface area contributed by atoms with E-state index in [1.54, 1.807) is 18.2 Å². The number of aryl methyl sites for hydroxylation is 1. The molecular weight excluding hydrogens is 515 g/mol. The molecule has 0 unspecified atom stereocenters. The van der Waals surface area contributed by atoms with Gasteiger partial charge >= 0.3 is 0 Å². The van der Waals surface area contributed by atoms with E-state index in [0.717, 1.165) is 70.6 Å². The Morgan fingerprint density at radius 3 is 2.39 bits per heavy atom. The normalized spacial score (nSPS) is 14.0. The number of fused-ring (bicyclic) bond motifs is 3. The van der Waals surface area contributed by atoms with Crippen molar-refractivity contribution < 1.29 is 19.4 Å². The van der Waals surface area contributed by atoms with Crippen molar-refractivity contribution >= 4 is 11.9 Å². The number of Topliss-reactive ketones (excluding diaryl/α,β-unsaturated/α-hetero) is 1. The zero-order valence-electron chi connectivity index (χ0n) is 24.8. The number of ketones is 1. The largest absolute Gasteiger partial charge is 0.393 e. The quantitative estimate of drug-likeness (QED) is 0.195. The number of halogens is 1. The van der Waals surface area contributed by atoms with E-state index >= 15 is 0 Å². The third-order valence-corrected chi connectivity index (χ3v) is 7.35. The maximum Gasteiger partial charge on any atom is 0.181 e. The number of hydrogen-bond donors (Lipinski definition) is 2. The number of carbonyl (C=O) groups is 1. The van der Waals surface area contributed by atoms with Crippen LogP contribution in [0.3, 0.4) is 0 Å². The molecule has 0 saturated carbocycles. The highest BCUT2D eigenvalue weighted by atomic mass is 19.1. The number of rotatable bonds is 10. The predicted molar refractivity (Wildman–Crippen MR) is 165 cm³/mol. The van der Waals surface area contributed by atoms with Crippen LogP contribution < -0.4 is 0 Å². The molecule has 1 aromatic carbocycles. The molecule has 0 spiro atoms. The van der Waals surface area contributed by atoms with Crippen molar-refractivity contribution in [1.29, 1.82) is 0 Å². The summed E-state index contributed by atoms with van der Waals surface area (Å²) >= 11 is 0. The standard InChI is InChI=1S/C33H39FN2O3.C2H4/c1-5-8-30(39)29-18-17-25-28(35-29)10-7-9-26-31(21-11-13-22(34)14-12-21)27(32(20(3)4)36-33(25)26)16-15-24(38)19-23(37)6-2;1-2/h11-18,20,23-24,37-38H,5-10,19H2,1-4H3;1-2H2/b16-15+;/t23-,24+;/m0./s1. The summed E-state index contributed by atoms with van der Waals surface area (Å²) in [7, 11) is 0. The highest BCUT2D eigenvalue weighted by molar-refractivity contribution is 5.95. The summed E-state index contributed by atoms with van der Waals surface area (Å²) in [6.45, 7) is 14.0. The average molecular weight is 559 g/mol. The lowest BCUT2D eigenvalue weighted by Crippen LogP contribution is -2.14. The molecule has 0 bridgehead atoms. The molecule has 2 atom stereocenters. The summed E-state index contributed by atoms with van der Waals surface area (Å²) in [4.78, 5) is 22.6. The second-order valence-electron chi connectivity index (χ2n) is 10.7. The van der Waals surface area contributed by atoms with Gasteiger partial charge in [-0.05, 0) is 79.0 Å². The Labute approximate surface area is 243 Å². The number of carbonyl (C=O) groups excluding carboxylic acids is 1. The van der Waals surface area contributed by atoms with Crippen LogP contribution in [0.4, 0.5) is 4.39 Å². The van der Waals surface area contributed by atoms with Crippen molar-refractivity contribution in [2.45, 2.75) is 90.8 Å². The highest BCUT2D eigenvalue weighted by Crippen LogP contribution is 2.41. The van der Waals surface area contributed by atoms with Crippen molar-refractivity contribution in [1.82, 2.24) is 9.97 Å². The molecule has 3 aromatic rings. The number of aromatic nitrogens is 2. The smallest absolute Gasteiger partial charge is 0.181 e. The summed E-state index contributed by atoms with van der Waals surface area (Å²) in [5, 5.41) is 20.6. The van der Waals surface area contributed by atoms with E-state index in [0.29, 0.717) is 18.5 Å². The fraction of sp³-hybridized carbons (Fsp3) is 0.400. The first kappa shape index (κ1) is 32.0. The Hall–Kier alpha value is -3.48. The van der Waals surface area contributed by atoms with Crippen LogP contribution in [-0.4, -0.2) is 38.2 Å². The second kappa shape index (κ2) is 14.9. The number of benzene rings is 1. The van der Waals surface area contributed by atoms with Crippen LogP contribution in [0.15, 0.2) is 55.6 Å². The Morgan fingerprint density at radius 2 is 1.76 bits per heavy atom. The molecule has 2 aromatic heterocycles. The van der Waals surface area contributed by atoms with E-state index in [2.05, 4.69) is 27.0 Å². The first-order chi connectivity index (χ1) is 19.7. The monoisotopic (exact) mass is 558 g/mol. The van der Waals surface area contributed by atoms with E-state index in [-0.39, 0.29) is 23.9 Å². The third kappa shape index (κ3) is 7.63. The maximum atomic E-state index is 14.0. The molecule has 2 heterocycles. The number of aliphatic hydroxyl groups is 2.